The van der Waals surface area contributed by atoms with E-state index in [1.165, 1.54) is 18.2 Å². The Morgan fingerprint density at radius 2 is 1.80 bits per heavy atom. The highest BCUT2D eigenvalue weighted by atomic mass is 16.5. The van der Waals surface area contributed by atoms with E-state index in [1.54, 1.807) is 0 Å². The van der Waals surface area contributed by atoms with Gasteiger partial charge < -0.3 is 9.42 Å². The predicted molar refractivity (Wildman–Crippen MR) is 118 cm³/mol. The van der Waals surface area contributed by atoms with E-state index in [1.807, 2.05) is 23.1 Å². The Morgan fingerprint density at radius 1 is 1.00 bits per heavy atom. The van der Waals surface area contributed by atoms with Crippen molar-refractivity contribution in [3.05, 3.63) is 48.3 Å². The van der Waals surface area contributed by atoms with Crippen LogP contribution in [0.5, 0.6) is 0 Å². The maximum absolute atomic E-state index is 12.3. The van der Waals surface area contributed by atoms with Gasteiger partial charge >= 0.3 is 0 Å². The zero-order valence-electron chi connectivity index (χ0n) is 17.7. The van der Waals surface area contributed by atoms with Gasteiger partial charge in [0, 0.05) is 38.2 Å². The molecule has 0 atom stereocenters. The lowest BCUT2D eigenvalue weighted by Crippen LogP contribution is -2.48. The Kier molecular flexibility index (Phi) is 6.74. The Morgan fingerprint density at radius 3 is 2.60 bits per heavy atom. The van der Waals surface area contributed by atoms with Crippen molar-refractivity contribution in [2.45, 2.75) is 45.6 Å². The van der Waals surface area contributed by atoms with Crippen LogP contribution in [0.2, 0.25) is 0 Å². The topological polar surface area (TPSA) is 62.5 Å². The molecule has 0 N–H and O–H groups in total. The first-order valence-electron chi connectivity index (χ1n) is 11.0. The van der Waals surface area contributed by atoms with Gasteiger partial charge in [-0.1, -0.05) is 61.7 Å². The quantitative estimate of drug-likeness (QED) is 0.515. The number of benzene rings is 2. The molecule has 2 heterocycles. The second-order valence-electron chi connectivity index (χ2n) is 8.05. The fraction of sp³-hybridized carbons (Fsp3) is 0.458. The molecule has 1 amide bonds. The summed E-state index contributed by atoms with van der Waals surface area (Å²) in [6.07, 6.45) is 5.26. The van der Waals surface area contributed by atoms with Crippen LogP contribution in [0.15, 0.2) is 47.0 Å². The molecule has 1 aliphatic rings. The van der Waals surface area contributed by atoms with Gasteiger partial charge in [-0.25, -0.2) is 0 Å². The number of hydrogen-bond donors (Lipinski definition) is 0. The molecule has 1 aliphatic heterocycles. The van der Waals surface area contributed by atoms with Crippen LogP contribution in [0, 0.1) is 0 Å². The van der Waals surface area contributed by atoms with Crippen molar-refractivity contribution in [1.82, 2.24) is 19.9 Å². The maximum Gasteiger partial charge on any atom is 0.257 e. The van der Waals surface area contributed by atoms with Crippen LogP contribution in [0.4, 0.5) is 0 Å². The number of fused-ring (bicyclic) bond motifs is 1. The standard InChI is InChI=1S/C24H30N4O2/c1-2-3-4-5-10-23(29)28-15-13-27(14-16-28)18-22-25-24(30-26-22)21-12-11-19-8-6-7-9-20(19)17-21/h6-9,11-12,17H,2-5,10,13-16,18H2,1H3. The fourth-order valence-corrected chi connectivity index (χ4v) is 3.97. The van der Waals surface area contributed by atoms with Crippen LogP contribution in [-0.2, 0) is 11.3 Å². The van der Waals surface area contributed by atoms with Crippen molar-refractivity contribution in [2.75, 3.05) is 26.2 Å². The van der Waals surface area contributed by atoms with Gasteiger partial charge in [0.05, 0.1) is 6.54 Å². The van der Waals surface area contributed by atoms with Crippen LogP contribution < -0.4 is 0 Å². The Bertz CT molecular complexity index is 976. The molecule has 4 rings (SSSR count). The number of carbonyl (C=O) groups excluding carboxylic acids is 1. The van der Waals surface area contributed by atoms with E-state index in [4.69, 9.17) is 4.52 Å². The van der Waals surface area contributed by atoms with Gasteiger partial charge in [-0.3, -0.25) is 9.69 Å². The molecule has 0 radical (unpaired) electrons. The summed E-state index contributed by atoms with van der Waals surface area (Å²) in [5, 5.41) is 6.52. The summed E-state index contributed by atoms with van der Waals surface area (Å²) in [7, 11) is 0. The molecule has 0 saturated carbocycles. The third-order valence-corrected chi connectivity index (χ3v) is 5.80. The minimum absolute atomic E-state index is 0.295. The van der Waals surface area contributed by atoms with E-state index in [0.29, 0.717) is 30.6 Å². The molecule has 0 spiro atoms. The van der Waals surface area contributed by atoms with Crippen molar-refractivity contribution >= 4 is 16.7 Å². The molecular formula is C24H30N4O2. The van der Waals surface area contributed by atoms with Crippen LogP contribution in [0.3, 0.4) is 0 Å². The van der Waals surface area contributed by atoms with Crippen LogP contribution >= 0.6 is 0 Å². The summed E-state index contributed by atoms with van der Waals surface area (Å²) >= 11 is 0. The van der Waals surface area contributed by atoms with Gasteiger partial charge in [0.25, 0.3) is 5.89 Å². The van der Waals surface area contributed by atoms with Crippen molar-refractivity contribution in [3.8, 4) is 11.5 Å². The summed E-state index contributed by atoms with van der Waals surface area (Å²) in [5.74, 6) is 1.54. The lowest BCUT2D eigenvalue weighted by molar-refractivity contribution is -0.133. The summed E-state index contributed by atoms with van der Waals surface area (Å²) in [6, 6.07) is 14.4. The average molecular weight is 407 g/mol. The third kappa shape index (κ3) is 5.05. The Balaban J connectivity index is 1.29. The van der Waals surface area contributed by atoms with Crippen molar-refractivity contribution in [3.63, 3.8) is 0 Å². The average Bonchev–Trinajstić information content (AvgIpc) is 3.25. The zero-order chi connectivity index (χ0) is 20.8. The molecule has 0 unspecified atom stereocenters. The lowest BCUT2D eigenvalue weighted by Gasteiger charge is -2.34. The molecule has 1 saturated heterocycles. The van der Waals surface area contributed by atoms with E-state index in [9.17, 15) is 4.79 Å². The summed E-state index contributed by atoms with van der Waals surface area (Å²) in [4.78, 5) is 21.2. The van der Waals surface area contributed by atoms with E-state index < -0.39 is 0 Å². The molecule has 1 fully saturated rings. The van der Waals surface area contributed by atoms with E-state index in [0.717, 1.165) is 50.0 Å². The Hall–Kier alpha value is -2.73. The van der Waals surface area contributed by atoms with E-state index in [2.05, 4.69) is 46.2 Å². The van der Waals surface area contributed by atoms with Crippen LogP contribution in [-0.4, -0.2) is 52.0 Å². The monoisotopic (exact) mass is 406 g/mol. The third-order valence-electron chi connectivity index (χ3n) is 5.80. The van der Waals surface area contributed by atoms with Crippen LogP contribution in [0.25, 0.3) is 22.2 Å². The van der Waals surface area contributed by atoms with Crippen LogP contribution in [0.1, 0.15) is 44.9 Å². The van der Waals surface area contributed by atoms with Crippen molar-refractivity contribution in [1.29, 1.82) is 0 Å². The van der Waals surface area contributed by atoms with Gasteiger partial charge in [-0.15, -0.1) is 0 Å². The summed E-state index contributed by atoms with van der Waals surface area (Å²) in [5.41, 5.74) is 0.936. The first-order valence-corrected chi connectivity index (χ1v) is 11.0. The number of hydrogen-bond acceptors (Lipinski definition) is 5. The lowest BCUT2D eigenvalue weighted by atomic mass is 10.1. The molecule has 3 aromatic rings. The first-order chi connectivity index (χ1) is 14.7. The van der Waals surface area contributed by atoms with Gasteiger partial charge in [0.1, 0.15) is 0 Å². The number of carbonyl (C=O) groups is 1. The minimum atomic E-state index is 0.295. The minimum Gasteiger partial charge on any atom is -0.340 e. The molecule has 0 aliphatic carbocycles. The SMILES string of the molecule is CCCCCCC(=O)N1CCN(Cc2noc(-c3ccc4ccccc4c3)n2)CC1. The second-order valence-corrected chi connectivity index (χ2v) is 8.05. The normalized spacial score (nSPS) is 15.0. The first kappa shape index (κ1) is 20.5. The molecule has 6 nitrogen and oxygen atoms in total. The Labute approximate surface area is 177 Å². The molecule has 158 valence electrons. The molecule has 1 aromatic heterocycles. The number of aromatic nitrogens is 2. The number of unbranched alkanes of at least 4 members (excludes halogenated alkanes) is 3. The highest BCUT2D eigenvalue weighted by Gasteiger charge is 2.22. The molecular weight excluding hydrogens is 376 g/mol. The van der Waals surface area contributed by atoms with Crippen molar-refractivity contribution in [2.24, 2.45) is 0 Å². The van der Waals surface area contributed by atoms with Gasteiger partial charge in [0.15, 0.2) is 5.82 Å². The zero-order valence-corrected chi connectivity index (χ0v) is 17.7. The van der Waals surface area contributed by atoms with Crippen molar-refractivity contribution < 1.29 is 9.32 Å². The molecule has 30 heavy (non-hydrogen) atoms. The van der Waals surface area contributed by atoms with Gasteiger partial charge in [-0.2, -0.15) is 4.98 Å². The highest BCUT2D eigenvalue weighted by molar-refractivity contribution is 5.86. The molecule has 6 heteroatoms. The van der Waals surface area contributed by atoms with E-state index >= 15 is 0 Å². The van der Waals surface area contributed by atoms with Gasteiger partial charge in [0.2, 0.25) is 5.91 Å². The summed E-state index contributed by atoms with van der Waals surface area (Å²) < 4.78 is 5.51. The number of piperazine rings is 1. The molecule has 2 aromatic carbocycles. The molecule has 0 bridgehead atoms. The number of amides is 1. The van der Waals surface area contributed by atoms with Gasteiger partial charge in [-0.05, 0) is 29.3 Å². The second kappa shape index (κ2) is 9.85. The number of rotatable bonds is 8. The highest BCUT2D eigenvalue weighted by Crippen LogP contribution is 2.23. The largest absolute Gasteiger partial charge is 0.340 e. The number of nitrogens with zero attached hydrogens (tertiary/aromatic N) is 4. The van der Waals surface area contributed by atoms with E-state index in [-0.39, 0.29) is 0 Å². The maximum atomic E-state index is 12.3. The predicted octanol–water partition coefficient (Wildman–Crippen LogP) is 4.50. The fourth-order valence-electron chi connectivity index (χ4n) is 3.97. The summed E-state index contributed by atoms with van der Waals surface area (Å²) in [6.45, 7) is 6.09. The smallest absolute Gasteiger partial charge is 0.257 e.